The van der Waals surface area contributed by atoms with Crippen LogP contribution in [0, 0.1) is 11.6 Å². The van der Waals surface area contributed by atoms with E-state index < -0.39 is 21.7 Å². The van der Waals surface area contributed by atoms with Crippen molar-refractivity contribution in [2.75, 3.05) is 0 Å². The van der Waals surface area contributed by atoms with Crippen LogP contribution in [0.5, 0.6) is 0 Å². The molecule has 20 heavy (non-hydrogen) atoms. The normalized spacial score (nSPS) is 11.6. The molecular formula is C13H10BrF2NO2S. The molecule has 0 aromatic heterocycles. The van der Waals surface area contributed by atoms with Crippen molar-refractivity contribution < 1.29 is 17.2 Å². The van der Waals surface area contributed by atoms with Gasteiger partial charge in [0.2, 0.25) is 10.0 Å². The quantitative estimate of drug-likeness (QED) is 0.908. The topological polar surface area (TPSA) is 46.2 Å². The van der Waals surface area contributed by atoms with Crippen molar-refractivity contribution in [3.05, 3.63) is 64.1 Å². The van der Waals surface area contributed by atoms with Gasteiger partial charge in [-0.2, -0.15) is 0 Å². The molecule has 1 N–H and O–H groups in total. The maximum absolute atomic E-state index is 13.0. The maximum atomic E-state index is 13.0. The molecule has 0 aliphatic carbocycles. The Labute approximate surface area is 123 Å². The van der Waals surface area contributed by atoms with Crippen molar-refractivity contribution >= 4 is 26.0 Å². The van der Waals surface area contributed by atoms with Crippen LogP contribution < -0.4 is 4.72 Å². The van der Waals surface area contributed by atoms with Gasteiger partial charge in [-0.1, -0.05) is 18.2 Å². The van der Waals surface area contributed by atoms with Crippen LogP contribution >= 0.6 is 15.9 Å². The van der Waals surface area contributed by atoms with Crippen LogP contribution in [-0.2, 0) is 16.6 Å². The van der Waals surface area contributed by atoms with Crippen LogP contribution in [0.3, 0.4) is 0 Å². The van der Waals surface area contributed by atoms with Gasteiger partial charge in [-0.05, 0) is 45.8 Å². The van der Waals surface area contributed by atoms with Crippen molar-refractivity contribution in [1.29, 1.82) is 0 Å². The summed E-state index contributed by atoms with van der Waals surface area (Å²) in [4.78, 5) is 0.0857. The van der Waals surface area contributed by atoms with Gasteiger partial charge in [-0.15, -0.1) is 0 Å². The highest BCUT2D eigenvalue weighted by Gasteiger charge is 2.16. The summed E-state index contributed by atoms with van der Waals surface area (Å²) in [6.07, 6.45) is 0. The molecule has 0 saturated heterocycles. The molecule has 0 heterocycles. The van der Waals surface area contributed by atoms with E-state index in [4.69, 9.17) is 0 Å². The third-order valence-corrected chi connectivity index (χ3v) is 4.99. The first kappa shape index (κ1) is 15.1. The Morgan fingerprint density at radius 3 is 2.40 bits per heavy atom. The predicted molar refractivity (Wildman–Crippen MR) is 74.5 cm³/mol. The number of hydrogen-bond donors (Lipinski definition) is 1. The van der Waals surface area contributed by atoms with Gasteiger partial charge in [-0.3, -0.25) is 0 Å². The fourth-order valence-corrected chi connectivity index (χ4v) is 3.59. The zero-order valence-corrected chi connectivity index (χ0v) is 12.5. The molecule has 0 aliphatic heterocycles. The molecule has 106 valence electrons. The van der Waals surface area contributed by atoms with E-state index >= 15 is 0 Å². The zero-order chi connectivity index (χ0) is 14.8. The summed E-state index contributed by atoms with van der Waals surface area (Å²) in [5, 5.41) is 0. The van der Waals surface area contributed by atoms with Gasteiger partial charge in [0.1, 0.15) is 0 Å². The first-order chi connectivity index (χ1) is 9.40. The van der Waals surface area contributed by atoms with Gasteiger partial charge >= 0.3 is 0 Å². The first-order valence-electron chi connectivity index (χ1n) is 5.58. The molecule has 0 saturated carbocycles. The average Bonchev–Trinajstić information content (AvgIpc) is 2.40. The summed E-state index contributed by atoms with van der Waals surface area (Å²) in [5.74, 6) is -1.98. The highest BCUT2D eigenvalue weighted by molar-refractivity contribution is 9.10. The Balaban J connectivity index is 2.17. The minimum absolute atomic E-state index is 0.0857. The molecule has 7 heteroatoms. The Hall–Kier alpha value is -1.31. The van der Waals surface area contributed by atoms with Crippen LogP contribution in [0.15, 0.2) is 51.8 Å². The lowest BCUT2D eigenvalue weighted by molar-refractivity contribution is 0.506. The second kappa shape index (κ2) is 5.99. The molecule has 2 aromatic carbocycles. The highest BCUT2D eigenvalue weighted by Crippen LogP contribution is 2.21. The SMILES string of the molecule is O=S(=O)(NCc1ccc(F)c(F)c1)c1ccccc1Br. The third kappa shape index (κ3) is 3.41. The Bertz CT molecular complexity index is 735. The number of halogens is 3. The lowest BCUT2D eigenvalue weighted by atomic mass is 10.2. The molecular weight excluding hydrogens is 352 g/mol. The Morgan fingerprint density at radius 2 is 1.75 bits per heavy atom. The van der Waals surface area contributed by atoms with Gasteiger partial charge in [0.25, 0.3) is 0 Å². The van der Waals surface area contributed by atoms with Crippen LogP contribution in [0.2, 0.25) is 0 Å². The molecule has 0 atom stereocenters. The predicted octanol–water partition coefficient (Wildman–Crippen LogP) is 3.21. The number of rotatable bonds is 4. The molecule has 3 nitrogen and oxygen atoms in total. The summed E-state index contributed by atoms with van der Waals surface area (Å²) < 4.78 is 52.7. The Morgan fingerprint density at radius 1 is 1.05 bits per heavy atom. The molecule has 2 aromatic rings. The van der Waals surface area contributed by atoms with E-state index in [1.54, 1.807) is 18.2 Å². The van der Waals surface area contributed by atoms with E-state index in [0.717, 1.165) is 12.1 Å². The Kier molecular flexibility index (Phi) is 4.52. The van der Waals surface area contributed by atoms with Gasteiger partial charge in [0.15, 0.2) is 11.6 Å². The molecule has 0 fully saturated rings. The van der Waals surface area contributed by atoms with Crippen LogP contribution in [-0.4, -0.2) is 8.42 Å². The molecule has 0 radical (unpaired) electrons. The second-order valence-electron chi connectivity index (χ2n) is 4.00. The van der Waals surface area contributed by atoms with E-state index in [-0.39, 0.29) is 11.4 Å². The monoisotopic (exact) mass is 361 g/mol. The zero-order valence-electron chi connectivity index (χ0n) is 10.1. The van der Waals surface area contributed by atoms with Crippen LogP contribution in [0.1, 0.15) is 5.56 Å². The van der Waals surface area contributed by atoms with Crippen LogP contribution in [0.4, 0.5) is 8.78 Å². The van der Waals surface area contributed by atoms with Gasteiger partial charge < -0.3 is 0 Å². The molecule has 0 bridgehead atoms. The first-order valence-corrected chi connectivity index (χ1v) is 7.86. The largest absolute Gasteiger partial charge is 0.241 e. The van der Waals surface area contributed by atoms with Crippen LogP contribution in [0.25, 0.3) is 0 Å². The fraction of sp³-hybridized carbons (Fsp3) is 0.0769. The number of sulfonamides is 1. The van der Waals surface area contributed by atoms with E-state index in [2.05, 4.69) is 20.7 Å². The molecule has 0 aliphatic rings. The minimum Gasteiger partial charge on any atom is -0.207 e. The van der Waals surface area contributed by atoms with E-state index in [9.17, 15) is 17.2 Å². The molecule has 0 spiro atoms. The van der Waals surface area contributed by atoms with Crippen molar-refractivity contribution in [2.45, 2.75) is 11.4 Å². The summed E-state index contributed by atoms with van der Waals surface area (Å²) in [5.41, 5.74) is 0.333. The molecule has 0 unspecified atom stereocenters. The van der Waals surface area contributed by atoms with E-state index in [1.807, 2.05) is 0 Å². The highest BCUT2D eigenvalue weighted by atomic mass is 79.9. The molecule has 2 rings (SSSR count). The summed E-state index contributed by atoms with van der Waals surface area (Å²) in [6.45, 7) is -0.124. The van der Waals surface area contributed by atoms with E-state index in [1.165, 1.54) is 12.1 Å². The van der Waals surface area contributed by atoms with Gasteiger partial charge in [-0.25, -0.2) is 21.9 Å². The van der Waals surface area contributed by atoms with Crippen molar-refractivity contribution in [2.24, 2.45) is 0 Å². The summed E-state index contributed by atoms with van der Waals surface area (Å²) in [7, 11) is -3.73. The fourth-order valence-electron chi connectivity index (χ4n) is 1.57. The number of hydrogen-bond acceptors (Lipinski definition) is 2. The number of benzene rings is 2. The molecule has 0 amide bonds. The lowest BCUT2D eigenvalue weighted by Gasteiger charge is -2.08. The second-order valence-corrected chi connectivity index (χ2v) is 6.59. The van der Waals surface area contributed by atoms with Gasteiger partial charge in [0.05, 0.1) is 4.90 Å². The minimum atomic E-state index is -3.73. The lowest BCUT2D eigenvalue weighted by Crippen LogP contribution is -2.23. The van der Waals surface area contributed by atoms with Gasteiger partial charge in [0, 0.05) is 11.0 Å². The summed E-state index contributed by atoms with van der Waals surface area (Å²) in [6, 6.07) is 9.56. The van der Waals surface area contributed by atoms with Crippen molar-refractivity contribution in [3.8, 4) is 0 Å². The average molecular weight is 362 g/mol. The number of nitrogens with one attached hydrogen (secondary N) is 1. The summed E-state index contributed by atoms with van der Waals surface area (Å²) >= 11 is 3.15. The smallest absolute Gasteiger partial charge is 0.207 e. The van der Waals surface area contributed by atoms with Crippen molar-refractivity contribution in [3.63, 3.8) is 0 Å². The third-order valence-electron chi connectivity index (χ3n) is 2.58. The standard InChI is InChI=1S/C13H10BrF2NO2S/c14-10-3-1-2-4-13(10)20(18,19)17-8-9-5-6-11(15)12(16)7-9/h1-7,17H,8H2. The van der Waals surface area contributed by atoms with Crippen molar-refractivity contribution in [1.82, 2.24) is 4.72 Å². The maximum Gasteiger partial charge on any atom is 0.241 e. The van der Waals surface area contributed by atoms with E-state index in [0.29, 0.717) is 10.0 Å².